The zero-order valence-corrected chi connectivity index (χ0v) is 19.0. The molecule has 2 aliphatic heterocycles. The number of carbonyl (C=O) groups excluding carboxylic acids is 3. The second-order valence-corrected chi connectivity index (χ2v) is 9.56. The first-order valence-electron chi connectivity index (χ1n) is 11.6. The zero-order chi connectivity index (χ0) is 21.6. The van der Waals surface area contributed by atoms with E-state index < -0.39 is 0 Å². The van der Waals surface area contributed by atoms with Gasteiger partial charge < -0.3 is 27.0 Å². The van der Waals surface area contributed by atoms with Crippen molar-refractivity contribution in [1.29, 1.82) is 0 Å². The minimum absolute atomic E-state index is 0.0457. The van der Waals surface area contributed by atoms with Gasteiger partial charge in [-0.3, -0.25) is 9.59 Å². The molecule has 0 aromatic rings. The van der Waals surface area contributed by atoms with Gasteiger partial charge in [-0.05, 0) is 44.9 Å². The average Bonchev–Trinajstić information content (AvgIpc) is 3.27. The van der Waals surface area contributed by atoms with Crippen molar-refractivity contribution in [1.82, 2.24) is 21.3 Å². The summed E-state index contributed by atoms with van der Waals surface area (Å²) in [6.07, 6.45) is 10.1. The first-order chi connectivity index (χ1) is 14.6. The third-order valence-electron chi connectivity index (χ3n) is 5.73. The van der Waals surface area contributed by atoms with Crippen molar-refractivity contribution >= 4 is 29.6 Å². The minimum Gasteiger partial charge on any atom is -0.358 e. The molecule has 2 rings (SSSR count). The van der Waals surface area contributed by atoms with Crippen LogP contribution in [0.25, 0.3) is 0 Å². The Morgan fingerprint density at radius 1 is 0.900 bits per heavy atom. The molecular weight excluding hydrogens is 402 g/mol. The average molecular weight is 443 g/mol. The van der Waals surface area contributed by atoms with E-state index in [1.165, 1.54) is 0 Å². The number of hydrogen-bond donors (Lipinski definition) is 5. The van der Waals surface area contributed by atoms with Crippen LogP contribution in [0.3, 0.4) is 0 Å². The Labute approximate surface area is 184 Å². The van der Waals surface area contributed by atoms with Gasteiger partial charge in [0.05, 0.1) is 18.6 Å². The maximum atomic E-state index is 11.9. The van der Waals surface area contributed by atoms with Gasteiger partial charge in [-0.1, -0.05) is 12.8 Å². The van der Waals surface area contributed by atoms with Crippen LogP contribution in [0, 0.1) is 0 Å². The van der Waals surface area contributed by atoms with Gasteiger partial charge in [-0.25, -0.2) is 4.79 Å². The van der Waals surface area contributed by atoms with Crippen molar-refractivity contribution in [3.63, 3.8) is 0 Å². The lowest BCUT2D eigenvalue weighted by molar-refractivity contribution is -0.368. The SMILES string of the molecule is [NH3+]CCCCCNC(=O)CCCCCNC(=O)CCCCC1SC[C@@H]2NC(=O)N[C@H]12. The number of unbranched alkanes of at least 4 members (excludes halogenated alkanes) is 5. The molecule has 0 radical (unpaired) electrons. The Bertz CT molecular complexity index is 549. The van der Waals surface area contributed by atoms with Crippen molar-refractivity contribution in [3.05, 3.63) is 0 Å². The van der Waals surface area contributed by atoms with Crippen molar-refractivity contribution < 1.29 is 20.1 Å². The second-order valence-electron chi connectivity index (χ2n) is 8.29. The van der Waals surface area contributed by atoms with E-state index in [1.807, 2.05) is 11.8 Å². The van der Waals surface area contributed by atoms with Crippen molar-refractivity contribution in [3.8, 4) is 0 Å². The Morgan fingerprint density at radius 2 is 1.53 bits per heavy atom. The summed E-state index contributed by atoms with van der Waals surface area (Å²) in [5.41, 5.74) is 3.81. The molecule has 0 aliphatic carbocycles. The van der Waals surface area contributed by atoms with Crippen LogP contribution in [0.4, 0.5) is 4.79 Å². The molecule has 1 unspecified atom stereocenters. The largest absolute Gasteiger partial charge is 0.358 e. The molecule has 172 valence electrons. The predicted octanol–water partition coefficient (Wildman–Crippen LogP) is 0.917. The third-order valence-corrected chi connectivity index (χ3v) is 7.24. The smallest absolute Gasteiger partial charge is 0.315 e. The normalized spacial score (nSPS) is 22.3. The highest BCUT2D eigenvalue weighted by Crippen LogP contribution is 2.33. The Kier molecular flexibility index (Phi) is 12.0. The summed E-state index contributed by atoms with van der Waals surface area (Å²) in [6, 6.07) is 0.470. The van der Waals surface area contributed by atoms with Crippen LogP contribution >= 0.6 is 11.8 Å². The number of nitrogens with one attached hydrogen (secondary N) is 4. The lowest BCUT2D eigenvalue weighted by atomic mass is 10.0. The first-order valence-corrected chi connectivity index (χ1v) is 12.7. The third kappa shape index (κ3) is 9.55. The molecule has 3 atom stereocenters. The zero-order valence-electron chi connectivity index (χ0n) is 18.2. The van der Waals surface area contributed by atoms with Crippen molar-refractivity contribution in [2.45, 2.75) is 88.0 Å². The molecular formula is C21H40N5O3S+. The number of fused-ring (bicyclic) bond motifs is 1. The molecule has 0 spiro atoms. The number of carbonyl (C=O) groups is 3. The fourth-order valence-electron chi connectivity index (χ4n) is 3.97. The standard InChI is InChI=1S/C21H39N5O3S/c22-12-6-2-8-14-24-18(27)10-3-1-7-13-23-19(28)11-5-4-9-17-20-16(15-30-17)25-21(29)26-20/h16-17,20H,1-15,22H2,(H,23,28)(H,24,27)(H2,25,26,29)/p+1/t16-,17?,20-/m0/s1. The summed E-state index contributed by atoms with van der Waals surface area (Å²) >= 11 is 1.92. The molecule has 2 aliphatic rings. The minimum atomic E-state index is -0.0457. The molecule has 0 aromatic heterocycles. The molecule has 8 nitrogen and oxygen atoms in total. The molecule has 7 N–H and O–H groups in total. The van der Waals surface area contributed by atoms with E-state index in [9.17, 15) is 14.4 Å². The number of urea groups is 1. The van der Waals surface area contributed by atoms with Crippen LogP contribution < -0.4 is 27.0 Å². The molecule has 2 saturated heterocycles. The van der Waals surface area contributed by atoms with Gasteiger partial charge in [-0.15, -0.1) is 0 Å². The molecule has 0 aromatic carbocycles. The van der Waals surface area contributed by atoms with E-state index in [2.05, 4.69) is 27.0 Å². The highest BCUT2D eigenvalue weighted by molar-refractivity contribution is 8.00. The summed E-state index contributed by atoms with van der Waals surface area (Å²) in [4.78, 5) is 35.1. The van der Waals surface area contributed by atoms with Gasteiger partial charge in [0.15, 0.2) is 0 Å². The van der Waals surface area contributed by atoms with E-state index in [1.54, 1.807) is 0 Å². The molecule has 9 heteroatoms. The molecule has 4 amide bonds. The van der Waals surface area contributed by atoms with Crippen molar-refractivity contribution in [2.24, 2.45) is 0 Å². The van der Waals surface area contributed by atoms with E-state index in [0.29, 0.717) is 24.6 Å². The fourth-order valence-corrected chi connectivity index (χ4v) is 5.52. The quantitative estimate of drug-likeness (QED) is 0.180. The summed E-state index contributed by atoms with van der Waals surface area (Å²) in [6.45, 7) is 2.41. The van der Waals surface area contributed by atoms with Gasteiger partial charge in [0.25, 0.3) is 0 Å². The monoisotopic (exact) mass is 442 g/mol. The van der Waals surface area contributed by atoms with Crippen LogP contribution in [0.5, 0.6) is 0 Å². The van der Waals surface area contributed by atoms with E-state index in [4.69, 9.17) is 0 Å². The molecule has 2 fully saturated rings. The lowest BCUT2D eigenvalue weighted by Crippen LogP contribution is -2.50. The van der Waals surface area contributed by atoms with E-state index in [0.717, 1.165) is 76.6 Å². The number of amides is 4. The maximum absolute atomic E-state index is 11.9. The number of rotatable bonds is 16. The Balaban J connectivity index is 1.36. The lowest BCUT2D eigenvalue weighted by Gasteiger charge is -2.16. The van der Waals surface area contributed by atoms with Gasteiger partial charge in [0.2, 0.25) is 11.8 Å². The summed E-state index contributed by atoms with van der Waals surface area (Å²) < 4.78 is 0. The van der Waals surface area contributed by atoms with Crippen LogP contribution in [0.15, 0.2) is 0 Å². The van der Waals surface area contributed by atoms with E-state index in [-0.39, 0.29) is 29.9 Å². The molecule has 2 heterocycles. The summed E-state index contributed by atoms with van der Waals surface area (Å²) in [5.74, 6) is 1.23. The molecule has 30 heavy (non-hydrogen) atoms. The van der Waals surface area contributed by atoms with Crippen LogP contribution in [-0.4, -0.2) is 60.6 Å². The van der Waals surface area contributed by atoms with Crippen LogP contribution in [0.2, 0.25) is 0 Å². The van der Waals surface area contributed by atoms with Crippen LogP contribution in [0.1, 0.15) is 70.6 Å². The van der Waals surface area contributed by atoms with Gasteiger partial charge in [0.1, 0.15) is 0 Å². The molecule has 0 saturated carbocycles. The molecule has 0 bridgehead atoms. The van der Waals surface area contributed by atoms with Gasteiger partial charge >= 0.3 is 6.03 Å². The number of thioether (sulfide) groups is 1. The second kappa shape index (κ2) is 14.5. The van der Waals surface area contributed by atoms with E-state index >= 15 is 0 Å². The number of quaternary nitrogens is 1. The highest BCUT2D eigenvalue weighted by atomic mass is 32.2. The predicted molar refractivity (Wildman–Crippen MR) is 120 cm³/mol. The maximum Gasteiger partial charge on any atom is 0.315 e. The fraction of sp³-hybridized carbons (Fsp3) is 0.857. The summed E-state index contributed by atoms with van der Waals surface area (Å²) in [5, 5.41) is 12.4. The van der Waals surface area contributed by atoms with Gasteiger partial charge in [-0.2, -0.15) is 11.8 Å². The van der Waals surface area contributed by atoms with Gasteiger partial charge in [0, 0.05) is 36.9 Å². The summed E-state index contributed by atoms with van der Waals surface area (Å²) in [7, 11) is 0. The van der Waals surface area contributed by atoms with Crippen molar-refractivity contribution in [2.75, 3.05) is 25.4 Å². The Morgan fingerprint density at radius 3 is 2.20 bits per heavy atom. The van der Waals surface area contributed by atoms with Crippen LogP contribution in [-0.2, 0) is 9.59 Å². The Hall–Kier alpha value is -1.48. The first kappa shape index (κ1) is 24.8. The number of hydrogen-bond acceptors (Lipinski definition) is 4. The topological polar surface area (TPSA) is 127 Å². The highest BCUT2D eigenvalue weighted by Gasteiger charge is 2.42.